The minimum atomic E-state index is 0.216. The molecule has 0 saturated heterocycles. The summed E-state index contributed by atoms with van der Waals surface area (Å²) in [5.74, 6) is 2.19. The number of methoxy groups -OCH3 is 2. The number of hydrogen-bond donors (Lipinski definition) is 0. The van der Waals surface area contributed by atoms with Gasteiger partial charge in [0.2, 0.25) is 5.88 Å². The third kappa shape index (κ3) is 5.10. The molecular weight excluding hydrogens is 545 g/mol. The molecule has 0 aliphatic heterocycles. The van der Waals surface area contributed by atoms with Crippen LogP contribution in [0.5, 0.6) is 11.5 Å². The second-order valence-corrected chi connectivity index (χ2v) is 9.91. The number of aromatic nitrogens is 1. The minimum absolute atomic E-state index is 0.216. The van der Waals surface area contributed by atoms with E-state index in [2.05, 4.69) is 11.1 Å². The summed E-state index contributed by atoms with van der Waals surface area (Å²) in [5.41, 5.74) is 6.18. The van der Waals surface area contributed by atoms with Crippen molar-refractivity contribution in [2.75, 3.05) is 14.2 Å². The molecule has 0 bridgehead atoms. The Labute approximate surface area is 242 Å². The lowest BCUT2D eigenvalue weighted by atomic mass is 9.98. The number of hydrogen-bond acceptors (Lipinski definition) is 5. The Morgan fingerprint density at radius 2 is 1.50 bits per heavy atom. The van der Waals surface area contributed by atoms with E-state index in [1.807, 2.05) is 79.1 Å². The van der Waals surface area contributed by atoms with Crippen LogP contribution in [0.4, 0.5) is 5.88 Å². The molecule has 3 aromatic carbocycles. The largest absolute Gasteiger partial charge is 0.497 e. The van der Waals surface area contributed by atoms with E-state index in [0.717, 1.165) is 39.5 Å². The first-order valence-corrected chi connectivity index (χ1v) is 13.1. The number of halogens is 2. The van der Waals surface area contributed by atoms with Crippen molar-refractivity contribution in [3.63, 3.8) is 0 Å². The lowest BCUT2D eigenvalue weighted by Crippen LogP contribution is -2.00. The van der Waals surface area contributed by atoms with Gasteiger partial charge in [0.15, 0.2) is 0 Å². The highest BCUT2D eigenvalue weighted by Crippen LogP contribution is 2.43. The maximum absolute atomic E-state index is 10.2. The van der Waals surface area contributed by atoms with E-state index in [4.69, 9.17) is 37.1 Å². The minimum Gasteiger partial charge on any atom is -0.497 e. The molecule has 0 amide bonds. The second-order valence-electron chi connectivity index (χ2n) is 9.07. The fraction of sp³-hybridized carbons (Fsp3) is 0.125. The molecule has 200 valence electrons. The molecule has 5 rings (SSSR count). The highest BCUT2D eigenvalue weighted by Gasteiger charge is 2.23. The lowest BCUT2D eigenvalue weighted by molar-refractivity contribution is 0.414. The van der Waals surface area contributed by atoms with Crippen LogP contribution in [0, 0.1) is 25.2 Å². The van der Waals surface area contributed by atoms with Crippen molar-refractivity contribution in [1.29, 1.82) is 5.26 Å². The molecule has 0 radical (unpaired) electrons. The van der Waals surface area contributed by atoms with Crippen LogP contribution in [0.15, 0.2) is 82.2 Å². The molecule has 8 heteroatoms. The van der Waals surface area contributed by atoms with Gasteiger partial charge in [-0.15, -0.1) is 0 Å². The Morgan fingerprint density at radius 3 is 2.08 bits per heavy atom. The molecule has 0 fully saturated rings. The van der Waals surface area contributed by atoms with Gasteiger partial charge in [-0.3, -0.25) is 0 Å². The van der Waals surface area contributed by atoms with E-state index in [1.54, 1.807) is 32.6 Å². The van der Waals surface area contributed by atoms with Crippen LogP contribution in [0.25, 0.3) is 28.1 Å². The molecule has 5 aromatic rings. The summed E-state index contributed by atoms with van der Waals surface area (Å²) in [7, 11) is 3.23. The van der Waals surface area contributed by atoms with E-state index in [9.17, 15) is 5.26 Å². The summed E-state index contributed by atoms with van der Waals surface area (Å²) in [4.78, 5) is 4.66. The van der Waals surface area contributed by atoms with E-state index < -0.39 is 0 Å². The average molecular weight is 570 g/mol. The van der Waals surface area contributed by atoms with Crippen LogP contribution < -0.4 is 9.47 Å². The van der Waals surface area contributed by atoms with Crippen LogP contribution in [-0.2, 0) is 0 Å². The van der Waals surface area contributed by atoms with E-state index in [1.165, 1.54) is 0 Å². The van der Waals surface area contributed by atoms with Gasteiger partial charge in [0.25, 0.3) is 0 Å². The van der Waals surface area contributed by atoms with Crippen molar-refractivity contribution in [2.24, 2.45) is 4.99 Å². The fourth-order valence-electron chi connectivity index (χ4n) is 4.67. The van der Waals surface area contributed by atoms with Crippen molar-refractivity contribution < 1.29 is 13.9 Å². The molecule has 0 unspecified atom stereocenters. The highest BCUT2D eigenvalue weighted by molar-refractivity contribution is 6.35. The quantitative estimate of drug-likeness (QED) is 0.183. The van der Waals surface area contributed by atoms with Crippen molar-refractivity contribution >= 4 is 35.3 Å². The van der Waals surface area contributed by atoms with Crippen molar-refractivity contribution in [3.8, 4) is 45.7 Å². The molecule has 0 aliphatic carbocycles. The predicted octanol–water partition coefficient (Wildman–Crippen LogP) is 8.97. The summed E-state index contributed by atoms with van der Waals surface area (Å²) < 4.78 is 19.0. The molecule has 6 nitrogen and oxygen atoms in total. The van der Waals surface area contributed by atoms with Gasteiger partial charge in [-0.25, -0.2) is 4.99 Å². The smallest absolute Gasteiger partial charge is 0.238 e. The summed E-state index contributed by atoms with van der Waals surface area (Å²) in [6, 6.07) is 24.7. The SMILES string of the molecule is COc1ccc(-c2oc(N=Cc3cc(C)n(-c4ccc(Cl)cc4Cl)c3C)c(C#N)c2-c2ccc(OC)cc2)cc1. The van der Waals surface area contributed by atoms with E-state index in [-0.39, 0.29) is 5.88 Å². The summed E-state index contributed by atoms with van der Waals surface area (Å²) >= 11 is 12.6. The molecule has 2 aromatic heterocycles. The predicted molar refractivity (Wildman–Crippen MR) is 160 cm³/mol. The maximum atomic E-state index is 10.2. The molecule has 0 aliphatic rings. The van der Waals surface area contributed by atoms with Gasteiger partial charge < -0.3 is 18.5 Å². The van der Waals surface area contributed by atoms with E-state index >= 15 is 0 Å². The Kier molecular flexibility index (Phi) is 7.70. The Morgan fingerprint density at radius 1 is 0.875 bits per heavy atom. The van der Waals surface area contributed by atoms with Gasteiger partial charge in [-0.1, -0.05) is 35.3 Å². The summed E-state index contributed by atoms with van der Waals surface area (Å²) in [6.45, 7) is 3.98. The zero-order valence-electron chi connectivity index (χ0n) is 22.3. The maximum Gasteiger partial charge on any atom is 0.238 e. The average Bonchev–Trinajstić information content (AvgIpc) is 3.48. The van der Waals surface area contributed by atoms with Gasteiger partial charge in [-0.05, 0) is 80.1 Å². The molecule has 0 N–H and O–H groups in total. The Hall–Kier alpha value is -4.44. The zero-order valence-corrected chi connectivity index (χ0v) is 23.8. The van der Waals surface area contributed by atoms with Crippen LogP contribution in [0.2, 0.25) is 10.0 Å². The summed E-state index contributed by atoms with van der Waals surface area (Å²) in [5, 5.41) is 11.4. The molecule has 0 saturated carbocycles. The molecular formula is C32H25Cl2N3O3. The summed E-state index contributed by atoms with van der Waals surface area (Å²) in [6.07, 6.45) is 1.71. The third-order valence-electron chi connectivity index (χ3n) is 6.67. The van der Waals surface area contributed by atoms with E-state index in [0.29, 0.717) is 32.7 Å². The first kappa shape index (κ1) is 27.1. The standard InChI is InChI=1S/C32H25Cl2N3O3/c1-19-15-23(20(2)37(19)29-14-9-24(33)16-28(29)34)18-36-32-27(17-35)30(21-5-10-25(38-3)11-6-21)31(40-32)22-7-12-26(39-4)13-8-22/h5-16,18H,1-4H3. The normalized spacial score (nSPS) is 11.1. The van der Waals surface area contributed by atoms with Gasteiger partial charge in [0.1, 0.15) is 28.9 Å². The molecule has 2 heterocycles. The number of aliphatic imine (C=N–C) groups is 1. The van der Waals surface area contributed by atoms with Gasteiger partial charge in [0.05, 0.1) is 24.9 Å². The number of aryl methyl sites for hydroxylation is 1. The third-order valence-corrected chi connectivity index (χ3v) is 7.21. The van der Waals surface area contributed by atoms with Crippen molar-refractivity contribution in [1.82, 2.24) is 4.57 Å². The van der Waals surface area contributed by atoms with Crippen LogP contribution >= 0.6 is 23.2 Å². The van der Waals surface area contributed by atoms with Gasteiger partial charge in [0, 0.05) is 39.3 Å². The van der Waals surface area contributed by atoms with Crippen molar-refractivity contribution in [2.45, 2.75) is 13.8 Å². The zero-order chi connectivity index (χ0) is 28.4. The fourth-order valence-corrected chi connectivity index (χ4v) is 5.17. The Balaban J connectivity index is 1.62. The number of nitrogens with zero attached hydrogens (tertiary/aromatic N) is 3. The first-order valence-electron chi connectivity index (χ1n) is 12.4. The number of furan rings is 1. The number of benzene rings is 3. The highest BCUT2D eigenvalue weighted by atomic mass is 35.5. The number of rotatable bonds is 7. The van der Waals surface area contributed by atoms with Crippen LogP contribution in [-0.4, -0.2) is 25.0 Å². The first-order chi connectivity index (χ1) is 19.3. The molecule has 0 atom stereocenters. The topological polar surface area (TPSA) is 72.7 Å². The van der Waals surface area contributed by atoms with Crippen LogP contribution in [0.3, 0.4) is 0 Å². The van der Waals surface area contributed by atoms with Crippen LogP contribution in [0.1, 0.15) is 22.5 Å². The van der Waals surface area contributed by atoms with Gasteiger partial charge in [-0.2, -0.15) is 5.26 Å². The van der Waals surface area contributed by atoms with Gasteiger partial charge >= 0.3 is 0 Å². The lowest BCUT2D eigenvalue weighted by Gasteiger charge is -2.11. The van der Waals surface area contributed by atoms with Crippen molar-refractivity contribution in [3.05, 3.63) is 105 Å². The number of nitriles is 1. The molecule has 0 spiro atoms. The molecule has 40 heavy (non-hydrogen) atoms. The number of ether oxygens (including phenoxy) is 2. The Bertz CT molecular complexity index is 1760. The monoisotopic (exact) mass is 569 g/mol. The second kappa shape index (κ2) is 11.4.